The van der Waals surface area contributed by atoms with Crippen LogP contribution < -0.4 is 0 Å². The smallest absolute Gasteiger partial charge is 0.147 e. The van der Waals surface area contributed by atoms with E-state index in [1.54, 1.807) is 0 Å². The Morgan fingerprint density at radius 1 is 1.15 bits per heavy atom. The van der Waals surface area contributed by atoms with Gasteiger partial charge in [0.05, 0.1) is 18.4 Å². The first-order valence-electron chi connectivity index (χ1n) is 6.29. The Balaban J connectivity index is 1.83. The van der Waals surface area contributed by atoms with Gasteiger partial charge in [-0.1, -0.05) is 11.6 Å². The van der Waals surface area contributed by atoms with Crippen LogP contribution in [-0.4, -0.2) is 24.5 Å². The molecule has 2 aromatic heterocycles. The maximum Gasteiger partial charge on any atom is 0.147 e. The molecule has 3 rings (SSSR count). The fraction of sp³-hybridized carbons (Fsp3) is 0.214. The lowest BCUT2D eigenvalue weighted by Gasteiger charge is -2.01. The molecule has 0 aliphatic rings. The van der Waals surface area contributed by atoms with Gasteiger partial charge in [0, 0.05) is 16.8 Å². The van der Waals surface area contributed by atoms with Gasteiger partial charge in [0.25, 0.3) is 0 Å². The predicted octanol–water partition coefficient (Wildman–Crippen LogP) is 2.78. The summed E-state index contributed by atoms with van der Waals surface area (Å²) in [5.74, 6) is 1.69. The van der Waals surface area contributed by atoms with Crippen LogP contribution in [0.2, 0.25) is 5.02 Å². The van der Waals surface area contributed by atoms with Crippen LogP contribution in [0.1, 0.15) is 17.2 Å². The summed E-state index contributed by atoms with van der Waals surface area (Å²) in [6, 6.07) is 7.57. The molecule has 0 amide bonds. The van der Waals surface area contributed by atoms with E-state index in [0.717, 1.165) is 27.9 Å². The quantitative estimate of drug-likeness (QED) is 0.744. The molecule has 0 radical (unpaired) electrons. The van der Waals surface area contributed by atoms with E-state index in [-0.39, 0.29) is 0 Å². The Morgan fingerprint density at radius 3 is 2.55 bits per heavy atom. The zero-order chi connectivity index (χ0) is 14.1. The van der Waals surface area contributed by atoms with E-state index in [4.69, 9.17) is 11.6 Å². The van der Waals surface area contributed by atoms with Crippen molar-refractivity contribution >= 4 is 11.6 Å². The van der Waals surface area contributed by atoms with Gasteiger partial charge in [-0.3, -0.25) is 0 Å². The van der Waals surface area contributed by atoms with Crippen molar-refractivity contribution in [3.05, 3.63) is 58.9 Å². The molecule has 0 unspecified atom stereocenters. The number of halogens is 1. The molecule has 5 nitrogen and oxygen atoms in total. The molecule has 3 aromatic rings. The van der Waals surface area contributed by atoms with Gasteiger partial charge in [-0.05, 0) is 38.1 Å². The number of aryl methyl sites for hydroxylation is 2. The molecular weight excluding hydrogens is 274 g/mol. The standard InChI is InChI=1S/C14H14ClN5/c1-10-17-11(2)19(18-10)8-12-7-16-20(9-12)14-5-3-13(15)4-6-14/h3-7,9H,8H2,1-2H3. The molecule has 0 N–H and O–H groups in total. The van der Waals surface area contributed by atoms with Crippen LogP contribution in [-0.2, 0) is 6.54 Å². The lowest BCUT2D eigenvalue weighted by atomic mass is 10.3. The Kier molecular flexibility index (Phi) is 3.28. The first-order chi connectivity index (χ1) is 9.61. The van der Waals surface area contributed by atoms with Gasteiger partial charge in [0.15, 0.2) is 0 Å². The molecule has 20 heavy (non-hydrogen) atoms. The minimum absolute atomic E-state index is 0.667. The van der Waals surface area contributed by atoms with Gasteiger partial charge in [0.2, 0.25) is 0 Å². The van der Waals surface area contributed by atoms with E-state index < -0.39 is 0 Å². The summed E-state index contributed by atoms with van der Waals surface area (Å²) < 4.78 is 3.70. The first kappa shape index (κ1) is 12.9. The largest absolute Gasteiger partial charge is 0.246 e. The minimum atomic E-state index is 0.667. The SMILES string of the molecule is Cc1nc(C)n(Cc2cnn(-c3ccc(Cl)cc3)c2)n1. The second kappa shape index (κ2) is 5.09. The normalized spacial score (nSPS) is 10.9. The first-order valence-corrected chi connectivity index (χ1v) is 6.67. The van der Waals surface area contributed by atoms with Crippen molar-refractivity contribution in [2.24, 2.45) is 0 Å². The molecule has 0 saturated carbocycles. The number of aromatic nitrogens is 5. The number of hydrogen-bond acceptors (Lipinski definition) is 3. The molecule has 6 heteroatoms. The maximum absolute atomic E-state index is 5.88. The van der Waals surface area contributed by atoms with Crippen LogP contribution in [0, 0.1) is 13.8 Å². The third kappa shape index (κ3) is 2.58. The number of benzene rings is 1. The molecule has 0 aliphatic heterocycles. The number of rotatable bonds is 3. The summed E-state index contributed by atoms with van der Waals surface area (Å²) in [6.45, 7) is 4.50. The molecule has 0 spiro atoms. The Hall–Kier alpha value is -2.14. The fourth-order valence-corrected chi connectivity index (χ4v) is 2.19. The molecule has 0 bridgehead atoms. The van der Waals surface area contributed by atoms with E-state index in [2.05, 4.69) is 15.2 Å². The summed E-state index contributed by atoms with van der Waals surface area (Å²) in [5.41, 5.74) is 2.06. The highest BCUT2D eigenvalue weighted by atomic mass is 35.5. The molecule has 102 valence electrons. The summed E-state index contributed by atoms with van der Waals surface area (Å²) >= 11 is 5.88. The zero-order valence-corrected chi connectivity index (χ0v) is 12.0. The Bertz CT molecular complexity index is 726. The van der Waals surface area contributed by atoms with Crippen LogP contribution in [0.15, 0.2) is 36.7 Å². The lowest BCUT2D eigenvalue weighted by Crippen LogP contribution is -2.03. The van der Waals surface area contributed by atoms with Crippen LogP contribution in [0.25, 0.3) is 5.69 Å². The molecule has 2 heterocycles. The highest BCUT2D eigenvalue weighted by Crippen LogP contribution is 2.14. The minimum Gasteiger partial charge on any atom is -0.246 e. The highest BCUT2D eigenvalue weighted by molar-refractivity contribution is 6.30. The van der Waals surface area contributed by atoms with Gasteiger partial charge < -0.3 is 0 Å². The van der Waals surface area contributed by atoms with E-state index in [0.29, 0.717) is 6.54 Å². The van der Waals surface area contributed by atoms with Crippen molar-refractivity contribution in [1.29, 1.82) is 0 Å². The predicted molar refractivity (Wildman–Crippen MR) is 77.2 cm³/mol. The van der Waals surface area contributed by atoms with Crippen molar-refractivity contribution < 1.29 is 0 Å². The topological polar surface area (TPSA) is 48.5 Å². The number of hydrogen-bond donors (Lipinski definition) is 0. The zero-order valence-electron chi connectivity index (χ0n) is 11.3. The van der Waals surface area contributed by atoms with E-state index in [1.165, 1.54) is 0 Å². The second-order valence-corrected chi connectivity index (χ2v) is 5.07. The molecule has 1 aromatic carbocycles. The van der Waals surface area contributed by atoms with Gasteiger partial charge in [-0.25, -0.2) is 14.3 Å². The molecule has 0 fully saturated rings. The van der Waals surface area contributed by atoms with Crippen LogP contribution in [0.3, 0.4) is 0 Å². The lowest BCUT2D eigenvalue weighted by molar-refractivity contribution is 0.656. The average molecular weight is 288 g/mol. The molecule has 0 atom stereocenters. The highest BCUT2D eigenvalue weighted by Gasteiger charge is 2.06. The van der Waals surface area contributed by atoms with Gasteiger partial charge in [-0.15, -0.1) is 0 Å². The summed E-state index contributed by atoms with van der Waals surface area (Å²) in [6.07, 6.45) is 3.82. The van der Waals surface area contributed by atoms with Crippen molar-refractivity contribution in [2.45, 2.75) is 20.4 Å². The molecule has 0 aliphatic carbocycles. The van der Waals surface area contributed by atoms with Gasteiger partial charge >= 0.3 is 0 Å². The van der Waals surface area contributed by atoms with E-state index >= 15 is 0 Å². The third-order valence-electron chi connectivity index (χ3n) is 3.02. The Labute approximate surface area is 121 Å². The van der Waals surface area contributed by atoms with E-state index in [1.807, 2.05) is 59.9 Å². The van der Waals surface area contributed by atoms with E-state index in [9.17, 15) is 0 Å². The summed E-state index contributed by atoms with van der Waals surface area (Å²) in [7, 11) is 0. The summed E-state index contributed by atoms with van der Waals surface area (Å²) in [4.78, 5) is 4.29. The summed E-state index contributed by atoms with van der Waals surface area (Å²) in [5, 5.41) is 9.43. The number of nitrogens with zero attached hydrogens (tertiary/aromatic N) is 5. The van der Waals surface area contributed by atoms with Crippen molar-refractivity contribution in [3.8, 4) is 5.69 Å². The molecular formula is C14H14ClN5. The van der Waals surface area contributed by atoms with Gasteiger partial charge in [0.1, 0.15) is 11.6 Å². The maximum atomic E-state index is 5.88. The van der Waals surface area contributed by atoms with Crippen LogP contribution in [0.4, 0.5) is 0 Å². The van der Waals surface area contributed by atoms with Crippen LogP contribution in [0.5, 0.6) is 0 Å². The monoisotopic (exact) mass is 287 g/mol. The molecule has 0 saturated heterocycles. The second-order valence-electron chi connectivity index (χ2n) is 4.63. The Morgan fingerprint density at radius 2 is 1.90 bits per heavy atom. The average Bonchev–Trinajstić information content (AvgIpc) is 2.98. The van der Waals surface area contributed by atoms with Crippen LogP contribution >= 0.6 is 11.6 Å². The van der Waals surface area contributed by atoms with Gasteiger partial charge in [-0.2, -0.15) is 10.2 Å². The van der Waals surface area contributed by atoms with Crippen molar-refractivity contribution in [1.82, 2.24) is 24.5 Å². The van der Waals surface area contributed by atoms with Crippen molar-refractivity contribution in [3.63, 3.8) is 0 Å². The fourth-order valence-electron chi connectivity index (χ4n) is 2.06. The third-order valence-corrected chi connectivity index (χ3v) is 3.27. The van der Waals surface area contributed by atoms with Crippen molar-refractivity contribution in [2.75, 3.05) is 0 Å².